The molecule has 0 unspecified atom stereocenters. The van der Waals surface area contributed by atoms with E-state index in [-0.39, 0.29) is 22.5 Å². The zero-order valence-corrected chi connectivity index (χ0v) is 13.4. The number of likely N-dealkylation sites (tertiary alicyclic amines) is 1. The third kappa shape index (κ3) is 2.43. The number of amides is 1. The summed E-state index contributed by atoms with van der Waals surface area (Å²) in [4.78, 5) is 14.5. The van der Waals surface area contributed by atoms with Crippen LogP contribution < -0.4 is 0 Å². The Morgan fingerprint density at radius 1 is 1.25 bits per heavy atom. The molecular weight excluding hydrogens is 331 g/mol. The maximum Gasteiger partial charge on any atom is 0.257 e. The normalized spacial score (nSPS) is 17.6. The Morgan fingerprint density at radius 3 is 2.96 bits per heavy atom. The SMILES string of the molecule is O=C(c1ccc(Cl)cc1F)N1CCC[C@@H]1c1nnc2ccccn12. The van der Waals surface area contributed by atoms with Crippen molar-refractivity contribution in [3.05, 3.63) is 64.8 Å². The molecule has 122 valence electrons. The number of rotatable bonds is 2. The number of pyridine rings is 1. The fourth-order valence-corrected chi connectivity index (χ4v) is 3.34. The number of carbonyl (C=O) groups is 1. The molecule has 0 radical (unpaired) electrons. The number of fused-ring (bicyclic) bond motifs is 1. The summed E-state index contributed by atoms with van der Waals surface area (Å²) in [5.41, 5.74) is 0.754. The van der Waals surface area contributed by atoms with E-state index in [9.17, 15) is 9.18 Å². The van der Waals surface area contributed by atoms with Crippen LogP contribution in [0.1, 0.15) is 35.1 Å². The number of benzene rings is 1. The van der Waals surface area contributed by atoms with E-state index < -0.39 is 5.82 Å². The van der Waals surface area contributed by atoms with Crippen molar-refractivity contribution in [2.45, 2.75) is 18.9 Å². The van der Waals surface area contributed by atoms with E-state index in [1.807, 2.05) is 28.8 Å². The third-order valence-electron chi connectivity index (χ3n) is 4.31. The number of carbonyl (C=O) groups excluding carboxylic acids is 1. The first-order valence-corrected chi connectivity index (χ1v) is 8.08. The van der Waals surface area contributed by atoms with Crippen LogP contribution in [0.5, 0.6) is 0 Å². The maximum absolute atomic E-state index is 14.1. The molecule has 0 aliphatic carbocycles. The summed E-state index contributed by atoms with van der Waals surface area (Å²) < 4.78 is 16.0. The second kappa shape index (κ2) is 5.87. The molecule has 7 heteroatoms. The van der Waals surface area contributed by atoms with E-state index in [0.717, 1.165) is 24.6 Å². The summed E-state index contributed by atoms with van der Waals surface area (Å²) in [7, 11) is 0. The van der Waals surface area contributed by atoms with Crippen molar-refractivity contribution in [1.82, 2.24) is 19.5 Å². The van der Waals surface area contributed by atoms with Crippen LogP contribution in [0, 0.1) is 5.82 Å². The molecule has 1 amide bonds. The second-order valence-electron chi connectivity index (χ2n) is 5.77. The Balaban J connectivity index is 1.71. The molecule has 4 rings (SSSR count). The Bertz CT molecular complexity index is 926. The molecular formula is C17H14ClFN4O. The van der Waals surface area contributed by atoms with E-state index in [1.165, 1.54) is 12.1 Å². The lowest BCUT2D eigenvalue weighted by Crippen LogP contribution is -2.32. The Labute approximate surface area is 142 Å². The van der Waals surface area contributed by atoms with E-state index >= 15 is 0 Å². The molecule has 0 saturated carbocycles. The van der Waals surface area contributed by atoms with Gasteiger partial charge in [-0.1, -0.05) is 17.7 Å². The molecule has 3 heterocycles. The van der Waals surface area contributed by atoms with Crippen LogP contribution in [0.25, 0.3) is 5.65 Å². The van der Waals surface area contributed by atoms with Gasteiger partial charge in [0.25, 0.3) is 5.91 Å². The number of hydrogen-bond acceptors (Lipinski definition) is 3. The molecule has 3 aromatic rings. The first-order valence-electron chi connectivity index (χ1n) is 7.71. The van der Waals surface area contributed by atoms with Gasteiger partial charge in [-0.3, -0.25) is 9.20 Å². The number of aromatic nitrogens is 3. The van der Waals surface area contributed by atoms with Crippen LogP contribution >= 0.6 is 11.6 Å². The van der Waals surface area contributed by atoms with Crippen molar-refractivity contribution in [3.8, 4) is 0 Å². The van der Waals surface area contributed by atoms with Gasteiger partial charge in [0.2, 0.25) is 0 Å². The Hall–Kier alpha value is -2.47. The molecule has 0 spiro atoms. The highest BCUT2D eigenvalue weighted by Gasteiger charge is 2.34. The lowest BCUT2D eigenvalue weighted by Gasteiger charge is -2.23. The largest absolute Gasteiger partial charge is 0.328 e. The highest BCUT2D eigenvalue weighted by atomic mass is 35.5. The summed E-state index contributed by atoms with van der Waals surface area (Å²) in [5, 5.41) is 8.66. The van der Waals surface area contributed by atoms with Gasteiger partial charge in [-0.15, -0.1) is 10.2 Å². The van der Waals surface area contributed by atoms with Gasteiger partial charge in [-0.05, 0) is 43.2 Å². The van der Waals surface area contributed by atoms with Gasteiger partial charge >= 0.3 is 0 Å². The molecule has 2 aromatic heterocycles. The summed E-state index contributed by atoms with van der Waals surface area (Å²) >= 11 is 5.77. The van der Waals surface area contributed by atoms with Crippen molar-refractivity contribution in [3.63, 3.8) is 0 Å². The summed E-state index contributed by atoms with van der Waals surface area (Å²) in [6, 6.07) is 9.52. The standard InChI is InChI=1S/C17H14ClFN4O/c18-11-6-7-12(13(19)10-11)17(24)22-9-3-4-14(22)16-21-20-15-5-1-2-8-23(15)16/h1-2,5-8,10,14H,3-4,9H2/t14-/m1/s1. The van der Waals surface area contributed by atoms with Crippen molar-refractivity contribution in [2.75, 3.05) is 6.54 Å². The second-order valence-corrected chi connectivity index (χ2v) is 6.20. The summed E-state index contributed by atoms with van der Waals surface area (Å²) in [5.74, 6) is -0.255. The molecule has 5 nitrogen and oxygen atoms in total. The Kier molecular flexibility index (Phi) is 3.69. The minimum absolute atomic E-state index is 0.0279. The molecule has 0 N–H and O–H groups in total. The molecule has 1 atom stereocenters. The van der Waals surface area contributed by atoms with Gasteiger partial charge in [0.1, 0.15) is 5.82 Å². The molecule has 24 heavy (non-hydrogen) atoms. The Morgan fingerprint density at radius 2 is 2.12 bits per heavy atom. The fourth-order valence-electron chi connectivity index (χ4n) is 3.18. The number of hydrogen-bond donors (Lipinski definition) is 0. The van der Waals surface area contributed by atoms with Crippen LogP contribution in [0.4, 0.5) is 4.39 Å². The molecule has 1 aromatic carbocycles. The van der Waals surface area contributed by atoms with E-state index in [4.69, 9.17) is 11.6 Å². The molecule has 1 fully saturated rings. The van der Waals surface area contributed by atoms with Crippen LogP contribution in [-0.4, -0.2) is 31.9 Å². The van der Waals surface area contributed by atoms with Crippen LogP contribution in [-0.2, 0) is 0 Å². The van der Waals surface area contributed by atoms with Gasteiger partial charge in [0, 0.05) is 17.8 Å². The third-order valence-corrected chi connectivity index (χ3v) is 4.55. The van der Waals surface area contributed by atoms with Crippen LogP contribution in [0.2, 0.25) is 5.02 Å². The average Bonchev–Trinajstić information content (AvgIpc) is 3.20. The monoisotopic (exact) mass is 344 g/mol. The maximum atomic E-state index is 14.1. The van der Waals surface area contributed by atoms with E-state index in [1.54, 1.807) is 4.90 Å². The lowest BCUT2D eigenvalue weighted by molar-refractivity contribution is 0.0724. The minimum Gasteiger partial charge on any atom is -0.328 e. The van der Waals surface area contributed by atoms with Gasteiger partial charge in [-0.25, -0.2) is 4.39 Å². The predicted molar refractivity (Wildman–Crippen MR) is 87.4 cm³/mol. The predicted octanol–water partition coefficient (Wildman–Crippen LogP) is 3.50. The minimum atomic E-state index is -0.607. The van der Waals surface area contributed by atoms with E-state index in [0.29, 0.717) is 12.4 Å². The first kappa shape index (κ1) is 15.1. The smallest absolute Gasteiger partial charge is 0.257 e. The molecule has 1 aliphatic rings. The van der Waals surface area contributed by atoms with Crippen molar-refractivity contribution in [2.24, 2.45) is 0 Å². The quantitative estimate of drug-likeness (QED) is 0.715. The average molecular weight is 345 g/mol. The highest BCUT2D eigenvalue weighted by Crippen LogP contribution is 2.33. The molecule has 0 bridgehead atoms. The van der Waals surface area contributed by atoms with E-state index in [2.05, 4.69) is 10.2 Å². The molecule has 1 saturated heterocycles. The van der Waals surface area contributed by atoms with Crippen LogP contribution in [0.15, 0.2) is 42.6 Å². The topological polar surface area (TPSA) is 50.5 Å². The zero-order chi connectivity index (χ0) is 16.7. The summed E-state index contributed by atoms with van der Waals surface area (Å²) in [6.45, 7) is 0.563. The number of halogens is 2. The van der Waals surface area contributed by atoms with Gasteiger partial charge < -0.3 is 4.90 Å². The van der Waals surface area contributed by atoms with Crippen molar-refractivity contribution < 1.29 is 9.18 Å². The highest BCUT2D eigenvalue weighted by molar-refractivity contribution is 6.30. The zero-order valence-electron chi connectivity index (χ0n) is 12.7. The molecule has 1 aliphatic heterocycles. The van der Waals surface area contributed by atoms with Gasteiger partial charge in [0.05, 0.1) is 11.6 Å². The van der Waals surface area contributed by atoms with Crippen LogP contribution in [0.3, 0.4) is 0 Å². The number of nitrogens with zero attached hydrogens (tertiary/aromatic N) is 4. The van der Waals surface area contributed by atoms with Gasteiger partial charge in [-0.2, -0.15) is 0 Å². The van der Waals surface area contributed by atoms with Gasteiger partial charge in [0.15, 0.2) is 11.5 Å². The lowest BCUT2D eigenvalue weighted by atomic mass is 10.1. The first-order chi connectivity index (χ1) is 11.6. The fraction of sp³-hybridized carbons (Fsp3) is 0.235. The summed E-state index contributed by atoms with van der Waals surface area (Å²) in [6.07, 6.45) is 3.48. The van der Waals surface area contributed by atoms with Crippen molar-refractivity contribution in [1.29, 1.82) is 0 Å². The van der Waals surface area contributed by atoms with Crippen molar-refractivity contribution >= 4 is 23.2 Å².